The van der Waals surface area contributed by atoms with E-state index in [0.29, 0.717) is 0 Å². The predicted molar refractivity (Wildman–Crippen MR) is 37.5 cm³/mol. The van der Waals surface area contributed by atoms with Crippen LogP contribution >= 0.6 is 0 Å². The third kappa shape index (κ3) is 1.43. The molecule has 1 rings (SSSR count). The molecule has 0 aromatic rings. The number of hydrogen-bond acceptors (Lipinski definition) is 3. The lowest BCUT2D eigenvalue weighted by Crippen LogP contribution is -2.45. The van der Waals surface area contributed by atoms with Crippen molar-refractivity contribution >= 4 is 0 Å². The first-order valence-corrected chi connectivity index (χ1v) is 3.22. The van der Waals surface area contributed by atoms with E-state index in [9.17, 15) is 0 Å². The number of nitrogens with zero attached hydrogens (tertiary/aromatic N) is 1. The zero-order chi connectivity index (χ0) is 6.69. The van der Waals surface area contributed by atoms with Gasteiger partial charge in [0.15, 0.2) is 0 Å². The quantitative estimate of drug-likeness (QED) is 0.438. The van der Waals surface area contributed by atoms with Gasteiger partial charge in [0.05, 0.1) is 0 Å². The molecule has 1 aliphatic heterocycles. The van der Waals surface area contributed by atoms with E-state index in [0.717, 1.165) is 19.6 Å². The highest BCUT2D eigenvalue weighted by Gasteiger charge is 2.07. The molecule has 3 N–H and O–H groups in total. The zero-order valence-corrected chi connectivity index (χ0v) is 5.72. The van der Waals surface area contributed by atoms with E-state index >= 15 is 0 Å². The molecule has 0 amide bonds. The largest absolute Gasteiger partial charge is 0.313 e. The van der Waals surface area contributed by atoms with Gasteiger partial charge in [-0.05, 0) is 6.92 Å². The molecule has 3 nitrogen and oxygen atoms in total. The van der Waals surface area contributed by atoms with E-state index in [-0.39, 0.29) is 0 Å². The minimum atomic E-state index is 0.910. The molecule has 52 valence electrons. The van der Waals surface area contributed by atoms with Crippen LogP contribution in [0.2, 0.25) is 0 Å². The Morgan fingerprint density at radius 3 is 3.00 bits per heavy atom. The van der Waals surface area contributed by atoms with Gasteiger partial charge < -0.3 is 10.3 Å². The van der Waals surface area contributed by atoms with Crippen molar-refractivity contribution in [1.29, 1.82) is 0 Å². The van der Waals surface area contributed by atoms with Gasteiger partial charge in [-0.1, -0.05) is 6.08 Å². The number of nitrogens with two attached hydrogens (primary N) is 1. The SMILES string of the molecule is CC=C1CNCCN1N. The monoisotopic (exact) mass is 127 g/mol. The summed E-state index contributed by atoms with van der Waals surface area (Å²) in [6.45, 7) is 4.82. The van der Waals surface area contributed by atoms with Crippen LogP contribution in [0.3, 0.4) is 0 Å². The van der Waals surface area contributed by atoms with Gasteiger partial charge in [0.2, 0.25) is 0 Å². The molecule has 1 aliphatic rings. The molecule has 0 unspecified atom stereocenters. The Hall–Kier alpha value is -0.540. The van der Waals surface area contributed by atoms with Crippen molar-refractivity contribution < 1.29 is 0 Å². The lowest BCUT2D eigenvalue weighted by Gasteiger charge is -2.27. The molecule has 9 heavy (non-hydrogen) atoms. The minimum absolute atomic E-state index is 0.910. The minimum Gasteiger partial charge on any atom is -0.313 e. The van der Waals surface area contributed by atoms with Gasteiger partial charge in [0, 0.05) is 25.3 Å². The van der Waals surface area contributed by atoms with Gasteiger partial charge in [0.25, 0.3) is 0 Å². The Kier molecular flexibility index (Phi) is 2.08. The van der Waals surface area contributed by atoms with Crippen LogP contribution in [0.25, 0.3) is 0 Å². The smallest absolute Gasteiger partial charge is 0.0464 e. The van der Waals surface area contributed by atoms with E-state index in [1.54, 1.807) is 5.01 Å². The lowest BCUT2D eigenvalue weighted by atomic mass is 10.3. The topological polar surface area (TPSA) is 41.3 Å². The van der Waals surface area contributed by atoms with Gasteiger partial charge in [0.1, 0.15) is 0 Å². The fraction of sp³-hybridized carbons (Fsp3) is 0.667. The molecule has 1 fully saturated rings. The van der Waals surface area contributed by atoms with Gasteiger partial charge in [-0.25, -0.2) is 5.84 Å². The molecule has 1 saturated heterocycles. The Balaban J connectivity index is 2.49. The van der Waals surface area contributed by atoms with Crippen LogP contribution in [0.5, 0.6) is 0 Å². The fourth-order valence-electron chi connectivity index (χ4n) is 0.929. The average molecular weight is 127 g/mol. The summed E-state index contributed by atoms with van der Waals surface area (Å²) in [4.78, 5) is 0. The van der Waals surface area contributed by atoms with Crippen LogP contribution in [-0.4, -0.2) is 24.6 Å². The molecular weight excluding hydrogens is 114 g/mol. The second-order valence-electron chi connectivity index (χ2n) is 2.15. The normalized spacial score (nSPS) is 25.1. The van der Waals surface area contributed by atoms with Crippen molar-refractivity contribution in [1.82, 2.24) is 10.3 Å². The molecule has 0 aromatic carbocycles. The predicted octanol–water partition coefficient (Wildman–Crippen LogP) is -0.331. The third-order valence-electron chi connectivity index (χ3n) is 1.54. The zero-order valence-electron chi connectivity index (χ0n) is 5.72. The Labute approximate surface area is 55.5 Å². The van der Waals surface area contributed by atoms with Gasteiger partial charge in [-0.2, -0.15) is 0 Å². The van der Waals surface area contributed by atoms with Gasteiger partial charge in [-0.15, -0.1) is 0 Å². The van der Waals surface area contributed by atoms with Crippen LogP contribution in [0.15, 0.2) is 11.8 Å². The van der Waals surface area contributed by atoms with E-state index in [1.165, 1.54) is 5.70 Å². The Morgan fingerprint density at radius 1 is 1.78 bits per heavy atom. The van der Waals surface area contributed by atoms with E-state index in [2.05, 4.69) is 5.32 Å². The molecule has 0 spiro atoms. The molecule has 0 aromatic heterocycles. The van der Waals surface area contributed by atoms with Crippen LogP contribution < -0.4 is 11.2 Å². The summed E-state index contributed by atoms with van der Waals surface area (Å²) in [6, 6.07) is 0. The van der Waals surface area contributed by atoms with Crippen molar-refractivity contribution in [2.24, 2.45) is 5.84 Å². The number of hydrazine groups is 1. The Morgan fingerprint density at radius 2 is 2.56 bits per heavy atom. The molecule has 0 bridgehead atoms. The van der Waals surface area contributed by atoms with Gasteiger partial charge >= 0.3 is 0 Å². The molecule has 0 atom stereocenters. The maximum atomic E-state index is 5.61. The molecule has 1 heterocycles. The summed E-state index contributed by atoms with van der Waals surface area (Å²) in [7, 11) is 0. The lowest BCUT2D eigenvalue weighted by molar-refractivity contribution is 0.311. The van der Waals surface area contributed by atoms with E-state index < -0.39 is 0 Å². The highest BCUT2D eigenvalue weighted by Crippen LogP contribution is 1.99. The first kappa shape index (κ1) is 6.58. The first-order chi connectivity index (χ1) is 4.34. The number of nitrogens with one attached hydrogen (secondary N) is 1. The average Bonchev–Trinajstić information content (AvgIpc) is 1.89. The van der Waals surface area contributed by atoms with Crippen molar-refractivity contribution in [3.05, 3.63) is 11.8 Å². The molecule has 0 radical (unpaired) electrons. The highest BCUT2D eigenvalue weighted by atomic mass is 15.4. The van der Waals surface area contributed by atoms with Crippen molar-refractivity contribution in [3.8, 4) is 0 Å². The van der Waals surface area contributed by atoms with Crippen molar-refractivity contribution in [2.45, 2.75) is 6.92 Å². The fourth-order valence-corrected chi connectivity index (χ4v) is 0.929. The highest BCUT2D eigenvalue weighted by molar-refractivity contribution is 5.02. The van der Waals surface area contributed by atoms with Crippen LogP contribution in [0.4, 0.5) is 0 Å². The number of rotatable bonds is 0. The summed E-state index contributed by atoms with van der Waals surface area (Å²) in [5.41, 5.74) is 1.18. The number of allylic oxidation sites excluding steroid dienone is 1. The summed E-state index contributed by atoms with van der Waals surface area (Å²) in [5, 5.41) is 5.01. The van der Waals surface area contributed by atoms with Crippen molar-refractivity contribution in [3.63, 3.8) is 0 Å². The molecule has 0 saturated carbocycles. The maximum absolute atomic E-state index is 5.61. The Bertz CT molecular complexity index is 119. The van der Waals surface area contributed by atoms with E-state index in [4.69, 9.17) is 5.84 Å². The summed E-state index contributed by atoms with van der Waals surface area (Å²) < 4.78 is 0. The van der Waals surface area contributed by atoms with Gasteiger partial charge in [-0.3, -0.25) is 0 Å². The first-order valence-electron chi connectivity index (χ1n) is 3.22. The maximum Gasteiger partial charge on any atom is 0.0464 e. The molecule has 3 heteroatoms. The second kappa shape index (κ2) is 2.85. The standard InChI is InChI=1S/C6H13N3/c1-2-6-5-8-3-4-9(6)7/h2,8H,3-5,7H2,1H3. The molecule has 0 aliphatic carbocycles. The third-order valence-corrected chi connectivity index (χ3v) is 1.54. The molecular formula is C6H13N3. The van der Waals surface area contributed by atoms with Crippen LogP contribution in [0, 0.1) is 0 Å². The summed E-state index contributed by atoms with van der Waals surface area (Å²) in [5.74, 6) is 5.61. The van der Waals surface area contributed by atoms with E-state index in [1.807, 2.05) is 13.0 Å². The summed E-state index contributed by atoms with van der Waals surface area (Å²) in [6.07, 6.45) is 2.03. The number of hydrogen-bond donors (Lipinski definition) is 2. The van der Waals surface area contributed by atoms with Crippen LogP contribution in [0.1, 0.15) is 6.92 Å². The van der Waals surface area contributed by atoms with Crippen molar-refractivity contribution in [2.75, 3.05) is 19.6 Å². The summed E-state index contributed by atoms with van der Waals surface area (Å²) >= 11 is 0. The second-order valence-corrected chi connectivity index (χ2v) is 2.15. The number of piperazine rings is 1. The van der Waals surface area contributed by atoms with Crippen LogP contribution in [-0.2, 0) is 0 Å².